The topological polar surface area (TPSA) is 178 Å². The van der Waals surface area contributed by atoms with Crippen LogP contribution >= 0.6 is 0 Å². The van der Waals surface area contributed by atoms with Crippen molar-refractivity contribution >= 4 is 28.7 Å². The molecule has 3 aliphatic rings. The number of hydrogen-bond acceptors (Lipinski definition) is 8. The van der Waals surface area contributed by atoms with Gasteiger partial charge in [-0.25, -0.2) is 10.3 Å². The van der Waals surface area contributed by atoms with Crippen LogP contribution in [-0.4, -0.2) is 85.3 Å². The zero-order valence-corrected chi connectivity index (χ0v) is 16.2. The van der Waals surface area contributed by atoms with Crippen molar-refractivity contribution in [1.29, 1.82) is 0 Å². The number of amides is 4. The molecule has 3 fully saturated rings. The number of piperidine rings is 1. The minimum absolute atomic E-state index is 0.0925. The third kappa shape index (κ3) is 9.27. The summed E-state index contributed by atoms with van der Waals surface area (Å²) >= 11 is 0. The number of hydroxylamine groups is 3. The van der Waals surface area contributed by atoms with E-state index in [1.165, 1.54) is 36.3 Å². The molecule has 0 radical (unpaired) electrons. The van der Waals surface area contributed by atoms with Crippen LogP contribution in [0.2, 0.25) is 0 Å². The van der Waals surface area contributed by atoms with E-state index in [0.29, 0.717) is 25.9 Å². The summed E-state index contributed by atoms with van der Waals surface area (Å²) in [5, 5.41) is 14.1. The number of carbonyl (C=O) groups excluding carboxylic acids is 3. The Kier molecular flexibility index (Phi) is 10.7. The average Bonchev–Trinajstić information content (AvgIpc) is 3.30. The molecule has 3 rings (SSSR count). The second-order valence-corrected chi connectivity index (χ2v) is 7.17. The number of carbonyl (C=O) groups is 3. The van der Waals surface area contributed by atoms with E-state index in [2.05, 4.69) is 14.9 Å². The van der Waals surface area contributed by atoms with Gasteiger partial charge in [0.25, 0.3) is 0 Å². The smallest absolute Gasteiger partial charge is 0.358 e. The van der Waals surface area contributed by atoms with E-state index in [0.717, 1.165) is 11.5 Å². The van der Waals surface area contributed by atoms with Gasteiger partial charge in [-0.2, -0.15) is 13.5 Å². The van der Waals surface area contributed by atoms with Gasteiger partial charge in [0.2, 0.25) is 12.3 Å². The molecule has 5 N–H and O–H groups in total. The zero-order chi connectivity index (χ0) is 21.0. The Hall–Kier alpha value is -2.00. The summed E-state index contributed by atoms with van der Waals surface area (Å²) in [5.41, 5.74) is 1.43. The molecule has 0 saturated carbocycles. The van der Waals surface area contributed by atoms with Crippen molar-refractivity contribution in [2.45, 2.75) is 38.1 Å². The highest BCUT2D eigenvalue weighted by atomic mass is 32.3. The predicted octanol–water partition coefficient (Wildman–Crippen LogP) is -1.38. The van der Waals surface area contributed by atoms with Crippen LogP contribution in [0, 0.1) is 0 Å². The molecule has 1 unspecified atom stereocenters. The lowest BCUT2D eigenvalue weighted by atomic mass is 10.1. The maximum atomic E-state index is 11.4. The normalized spacial score (nSPS) is 20.5. The molecule has 3 saturated heterocycles. The molecule has 14 heteroatoms. The maximum absolute atomic E-state index is 11.4. The molecule has 13 nitrogen and oxygen atoms in total. The Morgan fingerprint density at radius 2 is 2.00 bits per heavy atom. The van der Waals surface area contributed by atoms with Gasteiger partial charge in [0, 0.05) is 26.1 Å². The average molecular weight is 425 g/mol. The molecule has 0 aliphatic carbocycles. The largest absolute Gasteiger partial charge is 0.418 e. The molecule has 3 heterocycles. The summed E-state index contributed by atoms with van der Waals surface area (Å²) in [4.78, 5) is 32.7. The van der Waals surface area contributed by atoms with Crippen molar-refractivity contribution in [1.82, 2.24) is 26.1 Å². The van der Waals surface area contributed by atoms with E-state index in [9.17, 15) is 22.8 Å². The summed E-state index contributed by atoms with van der Waals surface area (Å²) in [5.74, 6) is -0.510. The monoisotopic (exact) mass is 425 g/mol. The van der Waals surface area contributed by atoms with Crippen LogP contribution in [0.1, 0.15) is 32.1 Å². The highest BCUT2D eigenvalue weighted by Crippen LogP contribution is 2.25. The molecule has 0 aromatic rings. The van der Waals surface area contributed by atoms with Crippen LogP contribution in [0.4, 0.5) is 4.79 Å². The van der Waals surface area contributed by atoms with Gasteiger partial charge in [-0.15, -0.1) is 4.28 Å². The van der Waals surface area contributed by atoms with E-state index in [4.69, 9.17) is 9.76 Å². The highest BCUT2D eigenvalue weighted by Gasteiger charge is 2.42. The molecular weight excluding hydrogens is 398 g/mol. The van der Waals surface area contributed by atoms with Gasteiger partial charge in [0.1, 0.15) is 0 Å². The number of hydrogen-bond donors (Lipinski definition) is 5. The third-order valence-corrected chi connectivity index (χ3v) is 4.37. The minimum Gasteiger partial charge on any atom is -0.358 e. The summed E-state index contributed by atoms with van der Waals surface area (Å²) in [7, 11) is -4.60. The minimum atomic E-state index is -4.60. The van der Waals surface area contributed by atoms with Crippen LogP contribution in [0.5, 0.6) is 0 Å². The molecule has 162 valence electrons. The summed E-state index contributed by atoms with van der Waals surface area (Å²) in [6.07, 6.45) is 4.87. The van der Waals surface area contributed by atoms with E-state index >= 15 is 0 Å². The van der Waals surface area contributed by atoms with Gasteiger partial charge >= 0.3 is 16.4 Å². The fourth-order valence-electron chi connectivity index (χ4n) is 2.74. The molecule has 28 heavy (non-hydrogen) atoms. The van der Waals surface area contributed by atoms with Crippen LogP contribution in [0.3, 0.4) is 0 Å². The molecule has 4 amide bonds. The zero-order valence-electron chi connectivity index (χ0n) is 15.4. The van der Waals surface area contributed by atoms with E-state index < -0.39 is 22.3 Å². The first kappa shape index (κ1) is 24.0. The van der Waals surface area contributed by atoms with Crippen molar-refractivity contribution in [3.05, 3.63) is 0 Å². The molecule has 0 spiro atoms. The number of nitrogens with one attached hydrogen (secondary N) is 3. The Balaban J connectivity index is 0.000000239. The maximum Gasteiger partial charge on any atom is 0.418 e. The van der Waals surface area contributed by atoms with Gasteiger partial charge < -0.3 is 15.5 Å². The van der Waals surface area contributed by atoms with Crippen molar-refractivity contribution < 1.29 is 36.8 Å². The van der Waals surface area contributed by atoms with Crippen LogP contribution in [0.15, 0.2) is 0 Å². The molecule has 3 aliphatic heterocycles. The molecule has 1 atom stereocenters. The van der Waals surface area contributed by atoms with E-state index in [-0.39, 0.29) is 19.0 Å². The summed E-state index contributed by atoms with van der Waals surface area (Å²) in [6, 6.07) is -0.761. The quantitative estimate of drug-likeness (QED) is 0.113. The van der Waals surface area contributed by atoms with Crippen molar-refractivity contribution in [3.63, 3.8) is 0 Å². The van der Waals surface area contributed by atoms with Crippen molar-refractivity contribution in [3.8, 4) is 0 Å². The number of fused-ring (bicyclic) bond motifs is 2. The Morgan fingerprint density at radius 3 is 2.46 bits per heavy atom. The standard InChI is InChI=1S/C6H10N2O5S.C4H8N2O3.C4H9N/c9-6-7-3-1-2-5(4-7)8(6)13-14(10,11)12;7-3-5-2-1-4(8)6-9;1-2-4-5-3-1/h5H,1-4H2,(H,10,11,12);3,9H,1-2H2,(H,5,7)(H,6,8);5H,1-4H2. The highest BCUT2D eigenvalue weighted by molar-refractivity contribution is 7.80. The third-order valence-electron chi connectivity index (χ3n) is 4.02. The first-order valence-corrected chi connectivity index (χ1v) is 10.2. The van der Waals surface area contributed by atoms with Gasteiger partial charge in [-0.1, -0.05) is 0 Å². The number of nitrogens with zero attached hydrogens (tertiary/aromatic N) is 2. The van der Waals surface area contributed by atoms with Gasteiger partial charge in [0.05, 0.1) is 6.04 Å². The molecule has 0 aromatic heterocycles. The summed E-state index contributed by atoms with van der Waals surface area (Å²) < 4.78 is 33.5. The molecular formula is C14H27N5O8S. The fraction of sp³-hybridized carbons (Fsp3) is 0.786. The van der Waals surface area contributed by atoms with E-state index in [1.807, 2.05) is 0 Å². The second kappa shape index (κ2) is 12.5. The number of rotatable bonds is 6. The van der Waals surface area contributed by atoms with Gasteiger partial charge in [0.15, 0.2) is 0 Å². The van der Waals surface area contributed by atoms with Crippen LogP contribution in [0.25, 0.3) is 0 Å². The lowest BCUT2D eigenvalue weighted by Crippen LogP contribution is -2.35. The van der Waals surface area contributed by atoms with Gasteiger partial charge in [-0.05, 0) is 38.8 Å². The lowest BCUT2D eigenvalue weighted by Gasteiger charge is -2.20. The summed E-state index contributed by atoms with van der Waals surface area (Å²) in [6.45, 7) is 3.82. The number of urea groups is 1. The van der Waals surface area contributed by atoms with Crippen molar-refractivity contribution in [2.24, 2.45) is 0 Å². The molecule has 0 aromatic carbocycles. The SMILES string of the molecule is C1CCNC1.O=C1N2CCCC(C2)N1OS(=O)(=O)O.O=CNCCC(=O)NO. The van der Waals surface area contributed by atoms with Crippen molar-refractivity contribution in [2.75, 3.05) is 32.7 Å². The predicted molar refractivity (Wildman–Crippen MR) is 95.2 cm³/mol. The Labute approximate surface area is 163 Å². The Morgan fingerprint density at radius 1 is 1.32 bits per heavy atom. The van der Waals surface area contributed by atoms with Crippen LogP contribution in [-0.2, 0) is 24.3 Å². The van der Waals surface area contributed by atoms with Gasteiger partial charge in [-0.3, -0.25) is 19.3 Å². The molecule has 2 bridgehead atoms. The lowest BCUT2D eigenvalue weighted by molar-refractivity contribution is -0.129. The first-order valence-electron chi connectivity index (χ1n) is 8.84. The Bertz CT molecular complexity index is 605. The second-order valence-electron chi connectivity index (χ2n) is 6.17. The first-order chi connectivity index (χ1) is 13.3. The van der Waals surface area contributed by atoms with Crippen LogP contribution < -0.4 is 16.1 Å². The fourth-order valence-corrected chi connectivity index (χ4v) is 3.12. The van der Waals surface area contributed by atoms with E-state index in [1.54, 1.807) is 0 Å².